The zero-order valence-corrected chi connectivity index (χ0v) is 18.9. The number of anilines is 1. The maximum Gasteiger partial charge on any atom is 0.349 e. The van der Waals surface area contributed by atoms with Gasteiger partial charge in [-0.1, -0.05) is 23.7 Å². The van der Waals surface area contributed by atoms with Crippen LogP contribution in [0.25, 0.3) is 10.9 Å². The van der Waals surface area contributed by atoms with Gasteiger partial charge >= 0.3 is 11.4 Å². The fourth-order valence-corrected chi connectivity index (χ4v) is 3.46. The fourth-order valence-electron chi connectivity index (χ4n) is 3.23. The molecule has 2 N–H and O–H groups in total. The summed E-state index contributed by atoms with van der Waals surface area (Å²) in [6.07, 6.45) is 0.984. The van der Waals surface area contributed by atoms with Crippen molar-refractivity contribution in [2.75, 3.05) is 11.9 Å². The van der Waals surface area contributed by atoms with Crippen molar-refractivity contribution in [1.29, 1.82) is 0 Å². The number of hydrogen-bond acceptors (Lipinski definition) is 7. The highest BCUT2D eigenvalue weighted by Gasteiger charge is 2.22. The molecule has 0 radical (unpaired) electrons. The molecule has 0 saturated carbocycles. The van der Waals surface area contributed by atoms with Crippen LogP contribution in [0, 0.1) is 15.9 Å². The number of hydrogen-bond donors (Lipinski definition) is 2. The van der Waals surface area contributed by atoms with Gasteiger partial charge in [0.1, 0.15) is 5.82 Å². The summed E-state index contributed by atoms with van der Waals surface area (Å²) in [5.41, 5.74) is -1.60. The number of nitro benzene ring substituents is 1. The van der Waals surface area contributed by atoms with Crippen molar-refractivity contribution in [2.45, 2.75) is 0 Å². The van der Waals surface area contributed by atoms with Gasteiger partial charge in [-0.15, -0.1) is 4.68 Å². The summed E-state index contributed by atoms with van der Waals surface area (Å²) in [6, 6.07) is 13.5. The van der Waals surface area contributed by atoms with E-state index in [1.807, 2.05) is 0 Å². The highest BCUT2D eigenvalue weighted by Crippen LogP contribution is 2.33. The monoisotopic (exact) mass is 511 g/mol. The Kier molecular flexibility index (Phi) is 6.88. The molecule has 4 aromatic rings. The number of aromatic amines is 1. The summed E-state index contributed by atoms with van der Waals surface area (Å²) in [5.74, 6) is -1.54. The van der Waals surface area contributed by atoms with Crippen LogP contribution in [-0.4, -0.2) is 33.3 Å². The molecule has 0 fully saturated rings. The number of amides is 1. The second-order valence-electron chi connectivity index (χ2n) is 7.28. The number of aromatic nitrogens is 2. The van der Waals surface area contributed by atoms with Gasteiger partial charge in [-0.25, -0.2) is 9.18 Å². The molecule has 0 spiro atoms. The molecule has 4 rings (SSSR count). The van der Waals surface area contributed by atoms with Crippen LogP contribution in [0.3, 0.4) is 0 Å². The summed E-state index contributed by atoms with van der Waals surface area (Å²) in [7, 11) is 0. The highest BCUT2D eigenvalue weighted by molar-refractivity contribution is 6.31. The largest absolute Gasteiger partial charge is 0.476 e. The second kappa shape index (κ2) is 10.2. The van der Waals surface area contributed by atoms with Crippen LogP contribution in [0.15, 0.2) is 75.4 Å². The van der Waals surface area contributed by atoms with Gasteiger partial charge in [0, 0.05) is 22.3 Å². The van der Waals surface area contributed by atoms with E-state index >= 15 is 0 Å². The third-order valence-corrected chi connectivity index (χ3v) is 5.05. The summed E-state index contributed by atoms with van der Waals surface area (Å²) >= 11 is 6.00. The fraction of sp³-hybridized carbons (Fsp3) is 0.0435. The first-order chi connectivity index (χ1) is 17.2. The zero-order chi connectivity index (χ0) is 25.8. The minimum atomic E-state index is -0.840. The Morgan fingerprint density at radius 3 is 2.64 bits per heavy atom. The third-order valence-electron chi connectivity index (χ3n) is 4.83. The lowest BCUT2D eigenvalue weighted by molar-refractivity contribution is -0.385. The van der Waals surface area contributed by atoms with Crippen LogP contribution in [0.4, 0.5) is 15.8 Å². The molecule has 0 aliphatic heterocycles. The van der Waals surface area contributed by atoms with Gasteiger partial charge in [-0.2, -0.15) is 5.10 Å². The molecule has 1 heterocycles. The van der Waals surface area contributed by atoms with Gasteiger partial charge in [0.25, 0.3) is 11.5 Å². The SMILES string of the molecule is O=C(COc1c(C=Nn2c(=O)[nH]c3ccccc3c2=O)cc(Cl)cc1[N+](=O)[O-])Nc1ccc(F)cc1. The van der Waals surface area contributed by atoms with E-state index in [4.69, 9.17) is 16.3 Å². The number of ether oxygens (including phenoxy) is 1. The average molecular weight is 512 g/mol. The van der Waals surface area contributed by atoms with Gasteiger partial charge in [0.05, 0.1) is 22.0 Å². The number of nitro groups is 1. The predicted molar refractivity (Wildman–Crippen MR) is 130 cm³/mol. The van der Waals surface area contributed by atoms with Crippen LogP contribution in [0.5, 0.6) is 5.75 Å². The molecule has 3 aromatic carbocycles. The number of nitrogens with zero attached hydrogens (tertiary/aromatic N) is 3. The third kappa shape index (κ3) is 5.28. The molecular weight excluding hydrogens is 497 g/mol. The van der Waals surface area contributed by atoms with Gasteiger partial charge in [0.15, 0.2) is 6.61 Å². The molecule has 36 heavy (non-hydrogen) atoms. The first-order valence-electron chi connectivity index (χ1n) is 10.2. The molecular formula is C23H15ClFN5O6. The summed E-state index contributed by atoms with van der Waals surface area (Å²) in [4.78, 5) is 50.7. The van der Waals surface area contributed by atoms with Crippen molar-refractivity contribution in [1.82, 2.24) is 9.66 Å². The molecule has 0 aliphatic carbocycles. The number of fused-ring (bicyclic) bond motifs is 1. The topological polar surface area (TPSA) is 149 Å². The van der Waals surface area contributed by atoms with E-state index < -0.39 is 40.2 Å². The van der Waals surface area contributed by atoms with E-state index in [0.717, 1.165) is 24.4 Å². The standard InChI is InChI=1S/C23H15ClFN5O6/c24-14-9-13(11-26-29-22(32)17-3-1-2-4-18(17)28-23(29)33)21(19(10-14)30(34)35)36-12-20(31)27-16-7-5-15(25)6-8-16/h1-11H,12H2,(H,27,31)(H,28,33). The first-order valence-corrected chi connectivity index (χ1v) is 10.6. The number of benzene rings is 3. The highest BCUT2D eigenvalue weighted by atomic mass is 35.5. The number of para-hydroxylation sites is 1. The van der Waals surface area contributed by atoms with Crippen molar-refractivity contribution >= 4 is 46.0 Å². The maximum atomic E-state index is 13.0. The summed E-state index contributed by atoms with van der Waals surface area (Å²) in [6.45, 7) is -0.656. The Hall–Kier alpha value is -4.84. The van der Waals surface area contributed by atoms with E-state index in [9.17, 15) is 28.9 Å². The van der Waals surface area contributed by atoms with Gasteiger partial charge in [-0.3, -0.25) is 19.7 Å². The van der Waals surface area contributed by atoms with Crippen molar-refractivity contribution < 1.29 is 18.8 Å². The summed E-state index contributed by atoms with van der Waals surface area (Å²) < 4.78 is 19.0. The number of rotatable bonds is 7. The molecule has 0 unspecified atom stereocenters. The van der Waals surface area contributed by atoms with E-state index in [1.54, 1.807) is 18.2 Å². The Morgan fingerprint density at radius 2 is 1.92 bits per heavy atom. The van der Waals surface area contributed by atoms with E-state index in [1.165, 1.54) is 24.3 Å². The smallest absolute Gasteiger partial charge is 0.349 e. The normalized spacial score (nSPS) is 11.1. The lowest BCUT2D eigenvalue weighted by atomic mass is 10.2. The quantitative estimate of drug-likeness (QED) is 0.221. The van der Waals surface area contributed by atoms with Crippen molar-refractivity contribution in [2.24, 2.45) is 5.10 Å². The van der Waals surface area contributed by atoms with Crippen LogP contribution >= 0.6 is 11.6 Å². The molecule has 1 amide bonds. The summed E-state index contributed by atoms with van der Waals surface area (Å²) in [5, 5.41) is 18.1. The Labute approximate surface area is 205 Å². The van der Waals surface area contributed by atoms with Crippen LogP contribution < -0.4 is 21.3 Å². The van der Waals surface area contributed by atoms with E-state index in [2.05, 4.69) is 15.4 Å². The lowest BCUT2D eigenvalue weighted by Crippen LogP contribution is -2.32. The molecule has 182 valence electrons. The van der Waals surface area contributed by atoms with Crippen molar-refractivity contribution in [3.05, 3.63) is 108 Å². The Balaban J connectivity index is 1.67. The van der Waals surface area contributed by atoms with E-state index in [-0.39, 0.29) is 27.4 Å². The average Bonchev–Trinajstić information content (AvgIpc) is 2.84. The Bertz CT molecular complexity index is 1630. The number of nitrogens with one attached hydrogen (secondary N) is 2. The van der Waals surface area contributed by atoms with Gasteiger partial charge < -0.3 is 15.0 Å². The lowest BCUT2D eigenvalue weighted by Gasteiger charge is -2.11. The number of carbonyl (C=O) groups excluding carboxylic acids is 1. The predicted octanol–water partition coefficient (Wildman–Crippen LogP) is 3.29. The Morgan fingerprint density at radius 1 is 1.19 bits per heavy atom. The minimum Gasteiger partial charge on any atom is -0.476 e. The van der Waals surface area contributed by atoms with Crippen molar-refractivity contribution in [3.63, 3.8) is 0 Å². The van der Waals surface area contributed by atoms with Gasteiger partial charge in [0.2, 0.25) is 5.75 Å². The van der Waals surface area contributed by atoms with Crippen LogP contribution in [-0.2, 0) is 4.79 Å². The van der Waals surface area contributed by atoms with Gasteiger partial charge in [-0.05, 0) is 42.5 Å². The van der Waals surface area contributed by atoms with Crippen molar-refractivity contribution in [3.8, 4) is 5.75 Å². The molecule has 0 saturated heterocycles. The number of H-pyrrole nitrogens is 1. The second-order valence-corrected chi connectivity index (χ2v) is 7.72. The molecule has 0 aliphatic rings. The zero-order valence-electron chi connectivity index (χ0n) is 18.1. The number of carbonyl (C=O) groups is 1. The molecule has 11 nitrogen and oxygen atoms in total. The van der Waals surface area contributed by atoms with E-state index in [0.29, 0.717) is 10.2 Å². The first kappa shape index (κ1) is 24.3. The molecule has 0 bridgehead atoms. The maximum absolute atomic E-state index is 13.0. The molecule has 1 aromatic heterocycles. The van der Waals surface area contributed by atoms with Crippen LogP contribution in [0.1, 0.15) is 5.56 Å². The molecule has 13 heteroatoms. The number of halogens is 2. The van der Waals surface area contributed by atoms with Crippen LogP contribution in [0.2, 0.25) is 5.02 Å². The molecule has 0 atom stereocenters. The minimum absolute atomic E-state index is 0.0500.